The quantitative estimate of drug-likeness (QED) is 0.589. The Morgan fingerprint density at radius 1 is 1.50 bits per heavy atom. The highest BCUT2D eigenvalue weighted by atomic mass is 35.5. The number of hydrogen-bond acceptors (Lipinski definition) is 1. The third kappa shape index (κ3) is 1.61. The fraction of sp³-hybridized carbons (Fsp3) is 0.286. The first-order valence-electron chi connectivity index (χ1n) is 3.06. The van der Waals surface area contributed by atoms with E-state index in [1.165, 1.54) is 6.07 Å². The van der Waals surface area contributed by atoms with Crippen LogP contribution in [0, 0.1) is 0 Å². The molecule has 0 fully saturated rings. The summed E-state index contributed by atoms with van der Waals surface area (Å²) in [5.41, 5.74) is 0.00292. The van der Waals surface area contributed by atoms with Gasteiger partial charge in [0.25, 0.3) is 5.56 Å². The Labute approximate surface area is 64.1 Å². The summed E-state index contributed by atoms with van der Waals surface area (Å²) < 4.78 is 1.58. The number of aromatic nitrogens is 1. The van der Waals surface area contributed by atoms with Gasteiger partial charge in [0.1, 0.15) is 0 Å². The Morgan fingerprint density at radius 3 is 2.90 bits per heavy atom. The van der Waals surface area contributed by atoms with Gasteiger partial charge in [-0.2, -0.15) is 0 Å². The lowest BCUT2D eigenvalue weighted by molar-refractivity contribution is 0.732. The largest absolute Gasteiger partial charge is 0.314 e. The van der Waals surface area contributed by atoms with E-state index in [0.717, 1.165) is 0 Å². The summed E-state index contributed by atoms with van der Waals surface area (Å²) in [6, 6.07) is 5.05. The molecule has 0 unspecified atom stereocenters. The van der Waals surface area contributed by atoms with Crippen LogP contribution in [0.3, 0.4) is 0 Å². The standard InChI is InChI=1S/C7H8ClNO/c8-4-6-9-5-2-1-3-7(9)10/h1-3,5H,4,6H2. The molecule has 0 spiro atoms. The topological polar surface area (TPSA) is 22.0 Å². The van der Waals surface area contributed by atoms with Gasteiger partial charge < -0.3 is 4.57 Å². The van der Waals surface area contributed by atoms with E-state index in [4.69, 9.17) is 11.6 Å². The molecular formula is C7H8ClNO. The van der Waals surface area contributed by atoms with Crippen LogP contribution in [0.5, 0.6) is 0 Å². The molecule has 0 amide bonds. The van der Waals surface area contributed by atoms with Crippen LogP contribution >= 0.6 is 11.6 Å². The summed E-state index contributed by atoms with van der Waals surface area (Å²) >= 11 is 5.45. The maximum Gasteiger partial charge on any atom is 0.250 e. The maximum absolute atomic E-state index is 10.9. The van der Waals surface area contributed by atoms with E-state index in [1.807, 2.05) is 6.07 Å². The van der Waals surface area contributed by atoms with Gasteiger partial charge in [-0.3, -0.25) is 4.79 Å². The van der Waals surface area contributed by atoms with Crippen molar-refractivity contribution in [3.8, 4) is 0 Å². The zero-order chi connectivity index (χ0) is 7.40. The van der Waals surface area contributed by atoms with Gasteiger partial charge in [-0.1, -0.05) is 6.07 Å². The maximum atomic E-state index is 10.9. The Balaban J connectivity index is 2.92. The van der Waals surface area contributed by atoms with Gasteiger partial charge in [-0.25, -0.2) is 0 Å². The van der Waals surface area contributed by atoms with Gasteiger partial charge in [0.2, 0.25) is 0 Å². The second kappa shape index (κ2) is 3.42. The Bertz CT molecular complexity index is 256. The van der Waals surface area contributed by atoms with Crippen LogP contribution in [0.4, 0.5) is 0 Å². The molecule has 2 nitrogen and oxygen atoms in total. The number of rotatable bonds is 2. The second-order valence-electron chi connectivity index (χ2n) is 1.92. The van der Waals surface area contributed by atoms with Crippen molar-refractivity contribution in [2.75, 3.05) is 5.88 Å². The summed E-state index contributed by atoms with van der Waals surface area (Å²) in [4.78, 5) is 10.9. The van der Waals surface area contributed by atoms with E-state index >= 15 is 0 Å². The van der Waals surface area contributed by atoms with E-state index in [9.17, 15) is 4.79 Å². The van der Waals surface area contributed by atoms with Crippen molar-refractivity contribution in [2.45, 2.75) is 6.54 Å². The van der Waals surface area contributed by atoms with Gasteiger partial charge in [0.15, 0.2) is 0 Å². The average molecular weight is 158 g/mol. The number of hydrogen-bond donors (Lipinski definition) is 0. The van der Waals surface area contributed by atoms with E-state index < -0.39 is 0 Å². The molecule has 0 atom stereocenters. The van der Waals surface area contributed by atoms with Crippen LogP contribution in [0.25, 0.3) is 0 Å². The molecule has 0 aliphatic heterocycles. The highest BCUT2D eigenvalue weighted by Gasteiger charge is 1.89. The molecule has 54 valence electrons. The third-order valence-electron chi connectivity index (χ3n) is 1.22. The Hall–Kier alpha value is -0.760. The molecule has 0 aliphatic rings. The minimum atomic E-state index is 0.00292. The van der Waals surface area contributed by atoms with Crippen molar-refractivity contribution in [3.05, 3.63) is 34.7 Å². The molecule has 0 saturated carbocycles. The van der Waals surface area contributed by atoms with Gasteiger partial charge in [-0.15, -0.1) is 11.6 Å². The lowest BCUT2D eigenvalue weighted by atomic mass is 10.5. The first-order chi connectivity index (χ1) is 4.84. The highest BCUT2D eigenvalue weighted by molar-refractivity contribution is 6.17. The fourth-order valence-electron chi connectivity index (χ4n) is 0.736. The van der Waals surface area contributed by atoms with Gasteiger partial charge in [-0.05, 0) is 6.07 Å². The lowest BCUT2D eigenvalue weighted by Gasteiger charge is -1.98. The van der Waals surface area contributed by atoms with Crippen LogP contribution in [-0.2, 0) is 6.54 Å². The first kappa shape index (κ1) is 7.35. The van der Waals surface area contributed by atoms with Crippen LogP contribution < -0.4 is 5.56 Å². The molecule has 1 aromatic heterocycles. The van der Waals surface area contributed by atoms with Crippen LogP contribution in [0.1, 0.15) is 0 Å². The average Bonchev–Trinajstić information content (AvgIpc) is 1.94. The normalized spacial score (nSPS) is 9.70. The molecule has 1 aromatic rings. The molecule has 0 aromatic carbocycles. The van der Waals surface area contributed by atoms with Crippen molar-refractivity contribution >= 4 is 11.6 Å². The second-order valence-corrected chi connectivity index (χ2v) is 2.30. The molecule has 3 heteroatoms. The zero-order valence-electron chi connectivity index (χ0n) is 5.46. The van der Waals surface area contributed by atoms with Gasteiger partial charge >= 0.3 is 0 Å². The summed E-state index contributed by atoms with van der Waals surface area (Å²) in [6.45, 7) is 0.585. The summed E-state index contributed by atoms with van der Waals surface area (Å²) in [5, 5.41) is 0. The number of aryl methyl sites for hydroxylation is 1. The predicted octanol–water partition coefficient (Wildman–Crippen LogP) is 1.09. The molecule has 0 aliphatic carbocycles. The third-order valence-corrected chi connectivity index (χ3v) is 1.39. The van der Waals surface area contributed by atoms with Crippen molar-refractivity contribution < 1.29 is 0 Å². The number of pyridine rings is 1. The molecule has 0 N–H and O–H groups in total. The number of halogens is 1. The molecule has 0 bridgehead atoms. The summed E-state index contributed by atoms with van der Waals surface area (Å²) in [5.74, 6) is 0.476. The van der Waals surface area contributed by atoms with Crippen LogP contribution in [-0.4, -0.2) is 10.4 Å². The fourth-order valence-corrected chi connectivity index (χ4v) is 0.919. The van der Waals surface area contributed by atoms with E-state index in [2.05, 4.69) is 0 Å². The predicted molar refractivity (Wildman–Crippen MR) is 41.4 cm³/mol. The Morgan fingerprint density at radius 2 is 2.30 bits per heavy atom. The number of nitrogens with zero attached hydrogens (tertiary/aromatic N) is 1. The zero-order valence-corrected chi connectivity index (χ0v) is 6.21. The smallest absolute Gasteiger partial charge is 0.250 e. The lowest BCUT2D eigenvalue weighted by Crippen LogP contribution is -2.18. The van der Waals surface area contributed by atoms with Crippen molar-refractivity contribution in [3.63, 3.8) is 0 Å². The first-order valence-corrected chi connectivity index (χ1v) is 3.59. The highest BCUT2D eigenvalue weighted by Crippen LogP contribution is 1.83. The number of alkyl halides is 1. The Kier molecular flexibility index (Phi) is 2.51. The molecule has 1 heterocycles. The molecule has 0 saturated heterocycles. The summed E-state index contributed by atoms with van der Waals surface area (Å²) in [6.07, 6.45) is 1.73. The van der Waals surface area contributed by atoms with E-state index in [0.29, 0.717) is 12.4 Å². The van der Waals surface area contributed by atoms with Gasteiger partial charge in [0.05, 0.1) is 0 Å². The minimum absolute atomic E-state index is 0.00292. The molecular weight excluding hydrogens is 150 g/mol. The molecule has 10 heavy (non-hydrogen) atoms. The molecule has 0 radical (unpaired) electrons. The van der Waals surface area contributed by atoms with Crippen LogP contribution in [0.2, 0.25) is 0 Å². The van der Waals surface area contributed by atoms with E-state index in [1.54, 1.807) is 16.8 Å². The molecule has 1 rings (SSSR count). The monoisotopic (exact) mass is 157 g/mol. The summed E-state index contributed by atoms with van der Waals surface area (Å²) in [7, 11) is 0. The van der Waals surface area contributed by atoms with E-state index in [-0.39, 0.29) is 5.56 Å². The minimum Gasteiger partial charge on any atom is -0.314 e. The van der Waals surface area contributed by atoms with Crippen molar-refractivity contribution in [1.29, 1.82) is 0 Å². The van der Waals surface area contributed by atoms with Crippen LogP contribution in [0.15, 0.2) is 29.2 Å². The SMILES string of the molecule is O=c1ccccn1CCCl. The van der Waals surface area contributed by atoms with Crippen molar-refractivity contribution in [2.24, 2.45) is 0 Å². The van der Waals surface area contributed by atoms with Gasteiger partial charge in [0, 0.05) is 24.7 Å². The van der Waals surface area contributed by atoms with Crippen molar-refractivity contribution in [1.82, 2.24) is 4.57 Å².